The molecule has 0 aliphatic heterocycles. The van der Waals surface area contributed by atoms with Crippen molar-refractivity contribution in [2.75, 3.05) is 0 Å². The zero-order chi connectivity index (χ0) is 21.5. The summed E-state index contributed by atoms with van der Waals surface area (Å²) in [5.74, 6) is 0.704. The van der Waals surface area contributed by atoms with Crippen molar-refractivity contribution in [2.24, 2.45) is 0 Å². The number of ether oxygens (including phenoxy) is 1. The SMILES string of the molecule is C=C(C)C(=O)Oc1ccc(/C=C/c2ccc(-c3ccc(C(C)CC)cc3)cc2)cc1. The molecule has 0 radical (unpaired) electrons. The summed E-state index contributed by atoms with van der Waals surface area (Å²) in [5.41, 5.74) is 6.39. The molecule has 3 aromatic carbocycles. The molecule has 0 saturated heterocycles. The van der Waals surface area contributed by atoms with Gasteiger partial charge in [0.05, 0.1) is 0 Å². The van der Waals surface area contributed by atoms with Crippen molar-refractivity contribution in [3.8, 4) is 16.9 Å². The lowest BCUT2D eigenvalue weighted by molar-refractivity contribution is -0.130. The molecule has 3 aromatic rings. The van der Waals surface area contributed by atoms with E-state index >= 15 is 0 Å². The highest BCUT2D eigenvalue weighted by Gasteiger charge is 2.05. The number of carbonyl (C=O) groups is 1. The molecule has 3 rings (SSSR count). The summed E-state index contributed by atoms with van der Waals surface area (Å²) < 4.78 is 5.21. The number of hydrogen-bond donors (Lipinski definition) is 0. The molecule has 0 N–H and O–H groups in total. The molecule has 0 aliphatic rings. The fourth-order valence-corrected chi connectivity index (χ4v) is 3.06. The first-order valence-corrected chi connectivity index (χ1v) is 10.3. The molecule has 0 heterocycles. The molecule has 0 bridgehead atoms. The Morgan fingerprint density at radius 1 is 0.867 bits per heavy atom. The van der Waals surface area contributed by atoms with Gasteiger partial charge < -0.3 is 4.74 Å². The zero-order valence-electron chi connectivity index (χ0n) is 17.9. The van der Waals surface area contributed by atoms with Gasteiger partial charge in [-0.25, -0.2) is 4.79 Å². The van der Waals surface area contributed by atoms with E-state index in [0.29, 0.717) is 17.2 Å². The van der Waals surface area contributed by atoms with E-state index < -0.39 is 5.97 Å². The van der Waals surface area contributed by atoms with Crippen molar-refractivity contribution in [3.63, 3.8) is 0 Å². The van der Waals surface area contributed by atoms with Crippen LogP contribution in [0.4, 0.5) is 0 Å². The molecule has 30 heavy (non-hydrogen) atoms. The predicted molar refractivity (Wildman–Crippen MR) is 126 cm³/mol. The van der Waals surface area contributed by atoms with E-state index in [9.17, 15) is 4.79 Å². The van der Waals surface area contributed by atoms with Crippen molar-refractivity contribution in [1.29, 1.82) is 0 Å². The van der Waals surface area contributed by atoms with E-state index in [-0.39, 0.29) is 0 Å². The summed E-state index contributed by atoms with van der Waals surface area (Å²) in [6, 6.07) is 24.8. The van der Waals surface area contributed by atoms with E-state index in [4.69, 9.17) is 4.74 Å². The van der Waals surface area contributed by atoms with Gasteiger partial charge in [0.25, 0.3) is 0 Å². The first kappa shape index (κ1) is 21.3. The number of benzene rings is 3. The maximum absolute atomic E-state index is 11.6. The summed E-state index contributed by atoms with van der Waals surface area (Å²) in [6.45, 7) is 9.70. The van der Waals surface area contributed by atoms with Crippen LogP contribution in [-0.2, 0) is 4.79 Å². The minimum absolute atomic E-state index is 0.383. The van der Waals surface area contributed by atoms with Gasteiger partial charge >= 0.3 is 5.97 Å². The quantitative estimate of drug-likeness (QED) is 0.179. The van der Waals surface area contributed by atoms with Crippen molar-refractivity contribution in [1.82, 2.24) is 0 Å². The maximum atomic E-state index is 11.6. The van der Waals surface area contributed by atoms with Crippen LogP contribution in [-0.4, -0.2) is 5.97 Å². The molecule has 2 heteroatoms. The highest BCUT2D eigenvalue weighted by molar-refractivity contribution is 5.88. The summed E-state index contributed by atoms with van der Waals surface area (Å²) in [6.07, 6.45) is 5.27. The normalized spacial score (nSPS) is 12.0. The number of esters is 1. The van der Waals surface area contributed by atoms with Crippen molar-refractivity contribution < 1.29 is 9.53 Å². The molecule has 0 saturated carbocycles. The van der Waals surface area contributed by atoms with Crippen LogP contribution in [0.25, 0.3) is 23.3 Å². The first-order valence-electron chi connectivity index (χ1n) is 10.3. The van der Waals surface area contributed by atoms with Gasteiger partial charge in [-0.3, -0.25) is 0 Å². The van der Waals surface area contributed by atoms with Crippen molar-refractivity contribution in [2.45, 2.75) is 33.1 Å². The monoisotopic (exact) mass is 396 g/mol. The molecule has 0 aromatic heterocycles. The Morgan fingerprint density at radius 2 is 1.33 bits per heavy atom. The molecule has 1 atom stereocenters. The molecule has 152 valence electrons. The number of hydrogen-bond acceptors (Lipinski definition) is 2. The van der Waals surface area contributed by atoms with Crippen LogP contribution in [0.3, 0.4) is 0 Å². The highest BCUT2D eigenvalue weighted by atomic mass is 16.5. The fraction of sp³-hybridized carbons (Fsp3) is 0.179. The Balaban J connectivity index is 1.64. The van der Waals surface area contributed by atoms with E-state index in [1.807, 2.05) is 18.2 Å². The smallest absolute Gasteiger partial charge is 0.338 e. The van der Waals surface area contributed by atoms with Crippen LogP contribution < -0.4 is 4.74 Å². The van der Waals surface area contributed by atoms with Gasteiger partial charge in [0, 0.05) is 5.57 Å². The number of rotatable bonds is 7. The second-order valence-corrected chi connectivity index (χ2v) is 7.63. The van der Waals surface area contributed by atoms with Crippen LogP contribution in [0.5, 0.6) is 5.75 Å². The van der Waals surface area contributed by atoms with E-state index in [0.717, 1.165) is 17.5 Å². The Labute approximate surface area is 179 Å². The summed E-state index contributed by atoms with van der Waals surface area (Å²) in [7, 11) is 0. The lowest BCUT2D eigenvalue weighted by Gasteiger charge is -2.10. The van der Waals surface area contributed by atoms with Crippen LogP contribution in [0.15, 0.2) is 84.9 Å². The highest BCUT2D eigenvalue weighted by Crippen LogP contribution is 2.25. The average molecular weight is 397 g/mol. The van der Waals surface area contributed by atoms with Crippen molar-refractivity contribution in [3.05, 3.63) is 102 Å². The minimum atomic E-state index is -0.409. The molecule has 0 aliphatic carbocycles. The summed E-state index contributed by atoms with van der Waals surface area (Å²) >= 11 is 0. The van der Waals surface area contributed by atoms with Gasteiger partial charge in [-0.05, 0) is 59.2 Å². The van der Waals surface area contributed by atoms with E-state index in [1.165, 1.54) is 16.7 Å². The van der Waals surface area contributed by atoms with Gasteiger partial charge in [-0.2, -0.15) is 0 Å². The van der Waals surface area contributed by atoms with Gasteiger partial charge in [-0.1, -0.05) is 93.2 Å². The standard InChI is InChI=1S/C28H28O2/c1-5-21(4)24-14-16-26(17-15-24)25-12-8-22(9-13-25)6-7-23-10-18-27(19-11-23)30-28(29)20(2)3/h6-19,21H,2,5H2,1,3-4H3/b7-6+. The topological polar surface area (TPSA) is 26.3 Å². The minimum Gasteiger partial charge on any atom is -0.423 e. The molecular formula is C28H28O2. The summed E-state index contributed by atoms with van der Waals surface area (Å²) in [4.78, 5) is 11.6. The number of carbonyl (C=O) groups excluding carboxylic acids is 1. The second kappa shape index (κ2) is 9.89. The van der Waals surface area contributed by atoms with Crippen LogP contribution in [0.1, 0.15) is 49.8 Å². The maximum Gasteiger partial charge on any atom is 0.338 e. The van der Waals surface area contributed by atoms with Crippen LogP contribution in [0.2, 0.25) is 0 Å². The third kappa shape index (κ3) is 5.57. The predicted octanol–water partition coefficient (Wildman–Crippen LogP) is 7.52. The third-order valence-corrected chi connectivity index (χ3v) is 5.24. The van der Waals surface area contributed by atoms with Crippen molar-refractivity contribution >= 4 is 18.1 Å². The van der Waals surface area contributed by atoms with Crippen LogP contribution >= 0.6 is 0 Å². The first-order chi connectivity index (χ1) is 14.5. The van der Waals surface area contributed by atoms with Gasteiger partial charge in [0.1, 0.15) is 5.75 Å². The second-order valence-electron chi connectivity index (χ2n) is 7.63. The molecule has 0 spiro atoms. The van der Waals surface area contributed by atoms with E-state index in [1.54, 1.807) is 19.1 Å². The molecule has 0 amide bonds. The lowest BCUT2D eigenvalue weighted by Crippen LogP contribution is -2.07. The summed E-state index contributed by atoms with van der Waals surface area (Å²) in [5, 5.41) is 0. The Hall–Kier alpha value is -3.39. The Morgan fingerprint density at radius 3 is 1.80 bits per heavy atom. The average Bonchev–Trinajstić information content (AvgIpc) is 2.78. The fourth-order valence-electron chi connectivity index (χ4n) is 3.06. The zero-order valence-corrected chi connectivity index (χ0v) is 17.9. The van der Waals surface area contributed by atoms with Gasteiger partial charge in [0.2, 0.25) is 0 Å². The molecule has 0 fully saturated rings. The van der Waals surface area contributed by atoms with E-state index in [2.05, 4.69) is 75.0 Å². The Kier molecular flexibility index (Phi) is 7.03. The van der Waals surface area contributed by atoms with Gasteiger partial charge in [0.15, 0.2) is 0 Å². The molecule has 2 nitrogen and oxygen atoms in total. The lowest BCUT2D eigenvalue weighted by atomic mass is 9.95. The molecular weight excluding hydrogens is 368 g/mol. The molecule has 1 unspecified atom stereocenters. The van der Waals surface area contributed by atoms with Gasteiger partial charge in [-0.15, -0.1) is 0 Å². The largest absolute Gasteiger partial charge is 0.423 e. The Bertz CT molecular complexity index is 1020. The third-order valence-electron chi connectivity index (χ3n) is 5.24. The van der Waals surface area contributed by atoms with Crippen LogP contribution in [0, 0.1) is 0 Å².